The average molecular weight is 262 g/mol. The summed E-state index contributed by atoms with van der Waals surface area (Å²) in [6, 6.07) is 0.308. The Kier molecular flexibility index (Phi) is 2.82. The molecule has 1 aliphatic rings. The summed E-state index contributed by atoms with van der Waals surface area (Å²) in [6.07, 6.45) is 4.25. The van der Waals surface area contributed by atoms with Gasteiger partial charge in [-0.05, 0) is 26.3 Å². The lowest BCUT2D eigenvalue weighted by molar-refractivity contribution is 0.356. The molecule has 1 fully saturated rings. The molecule has 19 heavy (non-hydrogen) atoms. The fraction of sp³-hybridized carbons (Fsp3) is 0.538. The van der Waals surface area contributed by atoms with Crippen LogP contribution in [-0.2, 0) is 5.54 Å². The second-order valence-corrected chi connectivity index (χ2v) is 5.01. The molecule has 2 aromatic heterocycles. The number of methoxy groups -OCH3 is 2. The minimum Gasteiger partial charge on any atom is -0.480 e. The zero-order valence-electron chi connectivity index (χ0n) is 11.4. The van der Waals surface area contributed by atoms with Gasteiger partial charge in [0.15, 0.2) is 0 Å². The van der Waals surface area contributed by atoms with Crippen LogP contribution in [0.4, 0.5) is 0 Å². The van der Waals surface area contributed by atoms with E-state index in [1.165, 1.54) is 6.42 Å². The van der Waals surface area contributed by atoms with Gasteiger partial charge in [-0.25, -0.2) is 0 Å². The Hall–Kier alpha value is -1.82. The predicted molar refractivity (Wildman–Crippen MR) is 71.6 cm³/mol. The first-order chi connectivity index (χ1) is 9.18. The summed E-state index contributed by atoms with van der Waals surface area (Å²) in [5.41, 5.74) is 1.84. The number of ether oxygens (including phenoxy) is 2. The first-order valence-electron chi connectivity index (χ1n) is 6.40. The third-order valence-corrected chi connectivity index (χ3v) is 3.82. The van der Waals surface area contributed by atoms with Crippen molar-refractivity contribution < 1.29 is 9.47 Å². The van der Waals surface area contributed by atoms with Gasteiger partial charge in [0.1, 0.15) is 5.65 Å². The van der Waals surface area contributed by atoms with Crippen molar-refractivity contribution >= 4 is 11.0 Å². The lowest BCUT2D eigenvalue weighted by Gasteiger charge is -2.24. The maximum absolute atomic E-state index is 5.39. The number of nitrogens with one attached hydrogen (secondary N) is 2. The fourth-order valence-corrected chi connectivity index (χ4v) is 2.78. The van der Waals surface area contributed by atoms with Crippen molar-refractivity contribution in [3.63, 3.8) is 0 Å². The van der Waals surface area contributed by atoms with Crippen LogP contribution in [0, 0.1) is 0 Å². The number of nitrogens with zero attached hydrogens (tertiary/aromatic N) is 2. The topological polar surface area (TPSA) is 72.1 Å². The molecule has 0 aliphatic carbocycles. The van der Waals surface area contributed by atoms with Crippen LogP contribution in [0.5, 0.6) is 11.9 Å². The highest BCUT2D eigenvalue weighted by molar-refractivity contribution is 5.86. The van der Waals surface area contributed by atoms with Gasteiger partial charge in [0.25, 0.3) is 0 Å². The van der Waals surface area contributed by atoms with Gasteiger partial charge in [0, 0.05) is 17.3 Å². The fourth-order valence-electron chi connectivity index (χ4n) is 2.78. The monoisotopic (exact) mass is 262 g/mol. The lowest BCUT2D eigenvalue weighted by atomic mass is 9.91. The molecule has 3 heterocycles. The number of fused-ring (bicyclic) bond motifs is 1. The van der Waals surface area contributed by atoms with Gasteiger partial charge in [-0.1, -0.05) is 0 Å². The van der Waals surface area contributed by atoms with E-state index in [1.807, 2.05) is 6.20 Å². The molecule has 0 aromatic carbocycles. The van der Waals surface area contributed by atoms with Gasteiger partial charge >= 0.3 is 6.01 Å². The molecule has 3 rings (SSSR count). The van der Waals surface area contributed by atoms with E-state index >= 15 is 0 Å². The number of aromatic nitrogens is 3. The number of aromatic amines is 1. The Morgan fingerprint density at radius 1 is 1.26 bits per heavy atom. The zero-order valence-corrected chi connectivity index (χ0v) is 11.4. The molecule has 0 bridgehead atoms. The third-order valence-electron chi connectivity index (χ3n) is 3.82. The summed E-state index contributed by atoms with van der Waals surface area (Å²) in [5, 5.41) is 4.48. The van der Waals surface area contributed by atoms with Gasteiger partial charge in [-0.15, -0.1) is 0 Å². The largest absolute Gasteiger partial charge is 0.480 e. The van der Waals surface area contributed by atoms with Crippen LogP contribution in [0.3, 0.4) is 0 Å². The molecule has 0 radical (unpaired) electrons. The first-order valence-corrected chi connectivity index (χ1v) is 6.40. The molecular formula is C13H18N4O2. The number of hydrogen-bond acceptors (Lipinski definition) is 5. The standard InChI is InChI=1S/C13H18N4O2/c1-13(5-4-6-15-13)8-7-14-10-9(8)11(18-2)17-12(16-10)19-3/h7,15H,4-6H2,1-3H3,(H,14,16,17). The zero-order chi connectivity index (χ0) is 13.5. The maximum Gasteiger partial charge on any atom is 0.321 e. The van der Waals surface area contributed by atoms with E-state index in [1.54, 1.807) is 14.2 Å². The van der Waals surface area contributed by atoms with Crippen LogP contribution in [0.25, 0.3) is 11.0 Å². The third kappa shape index (κ3) is 1.83. The Labute approximate surface area is 111 Å². The second-order valence-electron chi connectivity index (χ2n) is 5.01. The Balaban J connectivity index is 2.21. The molecule has 1 unspecified atom stereocenters. The minimum absolute atomic E-state index is 0.0521. The number of hydrogen-bond donors (Lipinski definition) is 2. The molecule has 1 atom stereocenters. The Bertz CT molecular complexity index is 602. The molecule has 0 saturated carbocycles. The summed E-state index contributed by atoms with van der Waals surface area (Å²) in [4.78, 5) is 11.8. The minimum atomic E-state index is -0.0521. The Morgan fingerprint density at radius 3 is 2.74 bits per heavy atom. The van der Waals surface area contributed by atoms with Crippen LogP contribution in [-0.4, -0.2) is 35.7 Å². The molecule has 6 nitrogen and oxygen atoms in total. The Morgan fingerprint density at radius 2 is 2.11 bits per heavy atom. The van der Waals surface area contributed by atoms with E-state index in [0.29, 0.717) is 11.9 Å². The highest BCUT2D eigenvalue weighted by atomic mass is 16.5. The van der Waals surface area contributed by atoms with Gasteiger partial charge in [0.2, 0.25) is 5.88 Å². The summed E-state index contributed by atoms with van der Waals surface area (Å²) in [5.74, 6) is 0.549. The summed E-state index contributed by atoms with van der Waals surface area (Å²) >= 11 is 0. The van der Waals surface area contributed by atoms with Crippen molar-refractivity contribution in [1.82, 2.24) is 20.3 Å². The van der Waals surface area contributed by atoms with Crippen molar-refractivity contribution in [2.75, 3.05) is 20.8 Å². The summed E-state index contributed by atoms with van der Waals surface area (Å²) in [6.45, 7) is 3.23. The average Bonchev–Trinajstić information content (AvgIpc) is 3.04. The lowest BCUT2D eigenvalue weighted by Crippen LogP contribution is -2.32. The van der Waals surface area contributed by atoms with Crippen molar-refractivity contribution in [2.24, 2.45) is 0 Å². The van der Waals surface area contributed by atoms with Crippen LogP contribution in [0.2, 0.25) is 0 Å². The summed E-state index contributed by atoms with van der Waals surface area (Å²) in [7, 11) is 3.16. The van der Waals surface area contributed by atoms with E-state index in [4.69, 9.17) is 9.47 Å². The second kappa shape index (κ2) is 4.38. The van der Waals surface area contributed by atoms with Crippen molar-refractivity contribution in [2.45, 2.75) is 25.3 Å². The maximum atomic E-state index is 5.39. The first kappa shape index (κ1) is 12.2. The number of rotatable bonds is 3. The molecule has 2 N–H and O–H groups in total. The molecule has 1 aliphatic heterocycles. The van der Waals surface area contributed by atoms with Gasteiger partial charge < -0.3 is 19.8 Å². The SMILES string of the molecule is COc1nc(OC)c2c(C3(C)CCCN3)c[nH]c2n1. The van der Waals surface area contributed by atoms with Crippen molar-refractivity contribution in [1.29, 1.82) is 0 Å². The van der Waals surface area contributed by atoms with E-state index in [0.717, 1.165) is 29.6 Å². The molecular weight excluding hydrogens is 244 g/mol. The highest BCUT2D eigenvalue weighted by Crippen LogP contribution is 2.38. The van der Waals surface area contributed by atoms with E-state index in [2.05, 4.69) is 27.2 Å². The predicted octanol–water partition coefficient (Wildman–Crippen LogP) is 1.57. The van der Waals surface area contributed by atoms with Gasteiger partial charge in [-0.3, -0.25) is 0 Å². The van der Waals surface area contributed by atoms with Crippen LogP contribution >= 0.6 is 0 Å². The smallest absolute Gasteiger partial charge is 0.321 e. The van der Waals surface area contributed by atoms with Crippen LogP contribution in [0.15, 0.2) is 6.20 Å². The molecule has 2 aromatic rings. The van der Waals surface area contributed by atoms with E-state index < -0.39 is 0 Å². The van der Waals surface area contributed by atoms with Crippen molar-refractivity contribution in [3.8, 4) is 11.9 Å². The molecule has 0 spiro atoms. The molecule has 6 heteroatoms. The summed E-state index contributed by atoms with van der Waals surface area (Å²) < 4.78 is 10.5. The normalized spacial score (nSPS) is 22.9. The molecule has 0 amide bonds. The van der Waals surface area contributed by atoms with Crippen LogP contribution in [0.1, 0.15) is 25.3 Å². The van der Waals surface area contributed by atoms with Crippen molar-refractivity contribution in [3.05, 3.63) is 11.8 Å². The molecule has 102 valence electrons. The molecule has 1 saturated heterocycles. The van der Waals surface area contributed by atoms with Gasteiger partial charge in [0.05, 0.1) is 19.6 Å². The van der Waals surface area contributed by atoms with Gasteiger partial charge in [-0.2, -0.15) is 9.97 Å². The quantitative estimate of drug-likeness (QED) is 0.878. The van der Waals surface area contributed by atoms with E-state index in [-0.39, 0.29) is 5.54 Å². The highest BCUT2D eigenvalue weighted by Gasteiger charge is 2.34. The van der Waals surface area contributed by atoms with E-state index in [9.17, 15) is 0 Å². The number of H-pyrrole nitrogens is 1. The van der Waals surface area contributed by atoms with Crippen LogP contribution < -0.4 is 14.8 Å².